The van der Waals surface area contributed by atoms with Crippen molar-refractivity contribution in [2.75, 3.05) is 4.72 Å². The van der Waals surface area contributed by atoms with Crippen LogP contribution in [0, 0.1) is 5.82 Å². The predicted molar refractivity (Wildman–Crippen MR) is 101 cm³/mol. The minimum absolute atomic E-state index is 0.00769. The Kier molecular flexibility index (Phi) is 5.60. The summed E-state index contributed by atoms with van der Waals surface area (Å²) in [6.45, 7) is 0.130. The molecule has 3 aromatic carbocycles. The van der Waals surface area contributed by atoms with Gasteiger partial charge in [-0.25, -0.2) is 17.6 Å². The van der Waals surface area contributed by atoms with Crippen LogP contribution in [0.1, 0.15) is 15.9 Å². The number of sulfonamides is 1. The second kappa shape index (κ2) is 8.10. The fourth-order valence-electron chi connectivity index (χ4n) is 2.43. The molecule has 0 amide bonds. The first-order chi connectivity index (χ1) is 13.3. The van der Waals surface area contributed by atoms with Crippen LogP contribution in [0.25, 0.3) is 0 Å². The van der Waals surface area contributed by atoms with E-state index in [-0.39, 0.29) is 28.6 Å². The lowest BCUT2D eigenvalue weighted by atomic mass is 10.2. The fourth-order valence-corrected chi connectivity index (χ4v) is 3.48. The fraction of sp³-hybridized carbons (Fsp3) is 0.0500. The highest BCUT2D eigenvalue weighted by atomic mass is 32.2. The van der Waals surface area contributed by atoms with E-state index in [4.69, 9.17) is 9.84 Å². The molecule has 6 nitrogen and oxygen atoms in total. The molecule has 0 spiro atoms. The van der Waals surface area contributed by atoms with Crippen molar-refractivity contribution in [1.29, 1.82) is 0 Å². The third kappa shape index (κ3) is 4.86. The molecule has 0 heterocycles. The van der Waals surface area contributed by atoms with E-state index in [2.05, 4.69) is 4.72 Å². The quantitative estimate of drug-likeness (QED) is 0.626. The van der Waals surface area contributed by atoms with Gasteiger partial charge in [-0.1, -0.05) is 18.2 Å². The number of anilines is 1. The van der Waals surface area contributed by atoms with E-state index >= 15 is 0 Å². The van der Waals surface area contributed by atoms with Gasteiger partial charge < -0.3 is 9.84 Å². The van der Waals surface area contributed by atoms with Gasteiger partial charge in [0.05, 0.1) is 16.1 Å². The summed E-state index contributed by atoms with van der Waals surface area (Å²) in [7, 11) is -3.89. The zero-order chi connectivity index (χ0) is 20.1. The Bertz CT molecular complexity index is 1100. The molecule has 0 aromatic heterocycles. The van der Waals surface area contributed by atoms with Crippen LogP contribution < -0.4 is 9.46 Å². The molecule has 0 bridgehead atoms. The topological polar surface area (TPSA) is 92.7 Å². The maximum absolute atomic E-state index is 13.2. The van der Waals surface area contributed by atoms with E-state index in [9.17, 15) is 17.6 Å². The van der Waals surface area contributed by atoms with Crippen molar-refractivity contribution in [3.8, 4) is 5.75 Å². The number of carbonyl (C=O) groups is 1. The zero-order valence-electron chi connectivity index (χ0n) is 14.5. The summed E-state index contributed by atoms with van der Waals surface area (Å²) in [5.74, 6) is -1.10. The first kappa shape index (κ1) is 19.4. The number of aromatic carboxylic acids is 1. The van der Waals surface area contributed by atoms with Crippen molar-refractivity contribution in [2.45, 2.75) is 11.5 Å². The van der Waals surface area contributed by atoms with Crippen LogP contribution in [0.4, 0.5) is 10.1 Å². The minimum atomic E-state index is -3.89. The van der Waals surface area contributed by atoms with Crippen molar-refractivity contribution in [3.63, 3.8) is 0 Å². The number of hydrogen-bond donors (Lipinski definition) is 2. The number of halogens is 1. The number of nitrogens with one attached hydrogen (secondary N) is 1. The molecule has 0 saturated heterocycles. The van der Waals surface area contributed by atoms with Gasteiger partial charge in [0.1, 0.15) is 18.2 Å². The summed E-state index contributed by atoms with van der Waals surface area (Å²) in [6.07, 6.45) is 0. The summed E-state index contributed by atoms with van der Waals surface area (Å²) in [6, 6.07) is 17.2. The predicted octanol–water partition coefficient (Wildman–Crippen LogP) is 3.90. The highest BCUT2D eigenvalue weighted by molar-refractivity contribution is 7.92. The van der Waals surface area contributed by atoms with E-state index in [0.29, 0.717) is 11.3 Å². The van der Waals surface area contributed by atoms with Crippen LogP contribution in [-0.4, -0.2) is 19.5 Å². The Morgan fingerprint density at radius 1 is 1.00 bits per heavy atom. The highest BCUT2D eigenvalue weighted by Crippen LogP contribution is 2.22. The van der Waals surface area contributed by atoms with Crippen molar-refractivity contribution in [3.05, 3.63) is 89.7 Å². The maximum Gasteiger partial charge on any atom is 0.335 e. The molecule has 3 aromatic rings. The van der Waals surface area contributed by atoms with Gasteiger partial charge in [-0.2, -0.15) is 0 Å². The van der Waals surface area contributed by atoms with Crippen LogP contribution in [0.2, 0.25) is 0 Å². The van der Waals surface area contributed by atoms with Crippen LogP contribution in [0.3, 0.4) is 0 Å². The van der Waals surface area contributed by atoms with Gasteiger partial charge in [0.25, 0.3) is 10.0 Å². The highest BCUT2D eigenvalue weighted by Gasteiger charge is 2.15. The van der Waals surface area contributed by atoms with Crippen LogP contribution >= 0.6 is 0 Å². The molecule has 0 radical (unpaired) electrons. The van der Waals surface area contributed by atoms with Crippen molar-refractivity contribution in [2.24, 2.45) is 0 Å². The Labute approximate surface area is 161 Å². The second-order valence-corrected chi connectivity index (χ2v) is 7.56. The zero-order valence-corrected chi connectivity index (χ0v) is 15.3. The van der Waals surface area contributed by atoms with Crippen LogP contribution in [0.15, 0.2) is 77.7 Å². The average Bonchev–Trinajstić information content (AvgIpc) is 2.66. The van der Waals surface area contributed by atoms with Crippen LogP contribution in [0.5, 0.6) is 5.75 Å². The monoisotopic (exact) mass is 401 g/mol. The third-order valence-electron chi connectivity index (χ3n) is 3.79. The molecular weight excluding hydrogens is 385 g/mol. The van der Waals surface area contributed by atoms with Gasteiger partial charge in [0.2, 0.25) is 0 Å². The number of ether oxygens (including phenoxy) is 1. The molecule has 0 aliphatic heterocycles. The first-order valence-corrected chi connectivity index (χ1v) is 9.65. The van der Waals surface area contributed by atoms with Crippen LogP contribution in [-0.2, 0) is 16.6 Å². The lowest BCUT2D eigenvalue weighted by Gasteiger charge is -2.11. The summed E-state index contributed by atoms with van der Waals surface area (Å²) >= 11 is 0. The molecule has 0 aliphatic carbocycles. The lowest BCUT2D eigenvalue weighted by Crippen LogP contribution is -2.13. The standard InChI is InChI=1S/C20H16FNO5S/c21-16-4-1-3-14(11-16)13-27-18-6-2-5-17(12-18)22-28(25,26)19-9-7-15(8-10-19)20(23)24/h1-12,22H,13H2,(H,23,24). The van der Waals surface area contributed by atoms with Crippen molar-refractivity contribution >= 4 is 21.7 Å². The Hall–Kier alpha value is -3.39. The van der Waals surface area contributed by atoms with Gasteiger partial charge in [-0.05, 0) is 54.1 Å². The van der Waals surface area contributed by atoms with E-state index in [1.165, 1.54) is 42.5 Å². The Morgan fingerprint density at radius 3 is 2.39 bits per heavy atom. The maximum atomic E-state index is 13.2. The molecule has 144 valence electrons. The Morgan fingerprint density at radius 2 is 1.71 bits per heavy atom. The lowest BCUT2D eigenvalue weighted by molar-refractivity contribution is 0.0696. The van der Waals surface area contributed by atoms with E-state index < -0.39 is 16.0 Å². The molecule has 0 unspecified atom stereocenters. The Balaban J connectivity index is 1.71. The summed E-state index contributed by atoms with van der Waals surface area (Å²) < 4.78 is 46.1. The summed E-state index contributed by atoms with van der Waals surface area (Å²) in [5.41, 5.74) is 0.912. The number of hydrogen-bond acceptors (Lipinski definition) is 4. The normalized spacial score (nSPS) is 11.0. The van der Waals surface area contributed by atoms with E-state index in [1.807, 2.05) is 0 Å². The van der Waals surface area contributed by atoms with Crippen molar-refractivity contribution < 1.29 is 27.4 Å². The van der Waals surface area contributed by atoms with Gasteiger partial charge in [-0.15, -0.1) is 0 Å². The van der Waals surface area contributed by atoms with E-state index in [0.717, 1.165) is 0 Å². The molecule has 0 saturated carbocycles. The molecule has 0 fully saturated rings. The van der Waals surface area contributed by atoms with Gasteiger partial charge in [0, 0.05) is 6.07 Å². The summed E-state index contributed by atoms with van der Waals surface area (Å²) in [4.78, 5) is 10.8. The average molecular weight is 401 g/mol. The molecular formula is C20H16FNO5S. The largest absolute Gasteiger partial charge is 0.489 e. The number of benzene rings is 3. The third-order valence-corrected chi connectivity index (χ3v) is 5.19. The van der Waals surface area contributed by atoms with Crippen molar-refractivity contribution in [1.82, 2.24) is 0 Å². The van der Waals surface area contributed by atoms with E-state index in [1.54, 1.807) is 30.3 Å². The first-order valence-electron chi connectivity index (χ1n) is 8.17. The number of rotatable bonds is 7. The van der Waals surface area contributed by atoms with Gasteiger partial charge >= 0.3 is 5.97 Å². The molecule has 0 atom stereocenters. The smallest absolute Gasteiger partial charge is 0.335 e. The molecule has 3 rings (SSSR count). The molecule has 8 heteroatoms. The second-order valence-electron chi connectivity index (χ2n) is 5.88. The number of carboxylic acids is 1. The van der Waals surface area contributed by atoms with Gasteiger partial charge in [0.15, 0.2) is 0 Å². The molecule has 28 heavy (non-hydrogen) atoms. The SMILES string of the molecule is O=C(O)c1ccc(S(=O)(=O)Nc2cccc(OCc3cccc(F)c3)c2)cc1. The summed E-state index contributed by atoms with van der Waals surface area (Å²) in [5, 5.41) is 8.89. The number of carboxylic acid groups (broad SMARTS) is 1. The molecule has 2 N–H and O–H groups in total. The molecule has 0 aliphatic rings. The van der Waals surface area contributed by atoms with Gasteiger partial charge in [-0.3, -0.25) is 4.72 Å². The minimum Gasteiger partial charge on any atom is -0.489 e.